The van der Waals surface area contributed by atoms with Crippen LogP contribution in [0, 0.1) is 11.8 Å². The van der Waals surface area contributed by atoms with Crippen molar-refractivity contribution in [3.63, 3.8) is 0 Å². The van der Waals surface area contributed by atoms with Crippen molar-refractivity contribution in [2.45, 2.75) is 38.6 Å². The van der Waals surface area contributed by atoms with Gasteiger partial charge in [0.25, 0.3) is 0 Å². The number of hydrogen-bond donors (Lipinski definition) is 2. The third-order valence-electron chi connectivity index (χ3n) is 6.73. The minimum absolute atomic E-state index is 0.542. The second-order valence-corrected chi connectivity index (χ2v) is 9.74. The summed E-state index contributed by atoms with van der Waals surface area (Å²) >= 11 is 5.45. The summed E-state index contributed by atoms with van der Waals surface area (Å²) in [5.74, 6) is 2.71. The molecule has 0 aliphatic carbocycles. The van der Waals surface area contributed by atoms with E-state index < -0.39 is 0 Å². The van der Waals surface area contributed by atoms with E-state index in [1.807, 2.05) is 12.1 Å². The number of thiocarbonyl (C=S) groups is 1. The number of fused-ring (bicyclic) bond motifs is 3. The van der Waals surface area contributed by atoms with Crippen LogP contribution in [0.15, 0.2) is 30.3 Å². The molecule has 0 spiro atoms. The van der Waals surface area contributed by atoms with Crippen molar-refractivity contribution in [2.75, 3.05) is 33.3 Å². The maximum atomic E-state index is 5.45. The van der Waals surface area contributed by atoms with Gasteiger partial charge in [-0.15, -0.1) is 0 Å². The maximum Gasteiger partial charge on any atom is 0.166 e. The van der Waals surface area contributed by atoms with E-state index in [-0.39, 0.29) is 0 Å². The van der Waals surface area contributed by atoms with Crippen LogP contribution in [-0.2, 0) is 7.05 Å². The highest BCUT2D eigenvalue weighted by atomic mass is 32.1. The van der Waals surface area contributed by atoms with E-state index in [2.05, 4.69) is 59.3 Å². The fourth-order valence-corrected chi connectivity index (χ4v) is 5.15. The molecule has 3 aliphatic rings. The zero-order valence-electron chi connectivity index (χ0n) is 19.1. The highest BCUT2D eigenvalue weighted by Gasteiger charge is 2.41. The standard InChI is InChI=1S/C24H35N5OS/c1-16(2)13-25-24(31)26-14-19-11-18-9-10-29(19)15-21(18)23-12-22(27-28(23)3)17-5-7-20(30-4)8-6-17/h5-8,12,16,18-19,21H,9-11,13-15H2,1-4H3,(H2,25,26,31). The molecule has 2 bridgehead atoms. The molecule has 3 saturated heterocycles. The maximum absolute atomic E-state index is 5.45. The van der Waals surface area contributed by atoms with Crippen molar-refractivity contribution in [1.29, 1.82) is 0 Å². The summed E-state index contributed by atoms with van der Waals surface area (Å²) in [6.07, 6.45) is 2.48. The zero-order chi connectivity index (χ0) is 22.0. The molecule has 6 nitrogen and oxygen atoms in total. The molecule has 7 heteroatoms. The average Bonchev–Trinajstić information content (AvgIpc) is 3.18. The van der Waals surface area contributed by atoms with E-state index in [1.165, 1.54) is 25.1 Å². The summed E-state index contributed by atoms with van der Waals surface area (Å²) in [7, 11) is 3.78. The number of nitrogens with one attached hydrogen (secondary N) is 2. The van der Waals surface area contributed by atoms with Crippen LogP contribution in [0.1, 0.15) is 38.3 Å². The molecule has 168 valence electrons. The molecule has 0 radical (unpaired) electrons. The molecule has 5 rings (SSSR count). The zero-order valence-corrected chi connectivity index (χ0v) is 19.9. The Labute approximate surface area is 191 Å². The first-order chi connectivity index (χ1) is 14.9. The third-order valence-corrected chi connectivity index (χ3v) is 7.02. The van der Waals surface area contributed by atoms with Crippen LogP contribution >= 0.6 is 12.2 Å². The van der Waals surface area contributed by atoms with Gasteiger partial charge in [-0.3, -0.25) is 9.58 Å². The summed E-state index contributed by atoms with van der Waals surface area (Å²) in [6, 6.07) is 11.0. The summed E-state index contributed by atoms with van der Waals surface area (Å²) in [5.41, 5.74) is 3.52. The Balaban J connectivity index is 1.39. The van der Waals surface area contributed by atoms with Crippen LogP contribution < -0.4 is 15.4 Å². The Bertz CT molecular complexity index is 894. The lowest BCUT2D eigenvalue weighted by atomic mass is 9.74. The van der Waals surface area contributed by atoms with Crippen molar-refractivity contribution in [2.24, 2.45) is 18.9 Å². The summed E-state index contributed by atoms with van der Waals surface area (Å²) in [4.78, 5) is 2.64. The smallest absolute Gasteiger partial charge is 0.166 e. The molecule has 31 heavy (non-hydrogen) atoms. The summed E-state index contributed by atoms with van der Waals surface area (Å²) in [6.45, 7) is 8.52. The molecule has 1 aromatic carbocycles. The van der Waals surface area contributed by atoms with Gasteiger partial charge in [0.2, 0.25) is 0 Å². The molecule has 0 saturated carbocycles. The van der Waals surface area contributed by atoms with Crippen LogP contribution in [0.2, 0.25) is 0 Å². The number of aromatic nitrogens is 2. The van der Waals surface area contributed by atoms with Gasteiger partial charge in [-0.05, 0) is 73.8 Å². The first kappa shape index (κ1) is 22.1. The van der Waals surface area contributed by atoms with E-state index >= 15 is 0 Å². The molecule has 2 N–H and O–H groups in total. The van der Waals surface area contributed by atoms with E-state index in [4.69, 9.17) is 22.1 Å². The Morgan fingerprint density at radius 2 is 2.03 bits per heavy atom. The third kappa shape index (κ3) is 5.04. The van der Waals surface area contributed by atoms with E-state index in [1.54, 1.807) is 7.11 Å². The minimum atomic E-state index is 0.542. The van der Waals surface area contributed by atoms with Crippen LogP contribution in [0.4, 0.5) is 0 Å². The topological polar surface area (TPSA) is 54.4 Å². The van der Waals surface area contributed by atoms with Crippen molar-refractivity contribution < 1.29 is 4.74 Å². The van der Waals surface area contributed by atoms with Gasteiger partial charge in [0, 0.05) is 49.9 Å². The molecule has 2 aromatic rings. The number of benzene rings is 1. The number of methoxy groups -OCH3 is 1. The molecule has 4 heterocycles. The van der Waals surface area contributed by atoms with Crippen molar-refractivity contribution in [1.82, 2.24) is 25.3 Å². The van der Waals surface area contributed by atoms with Crippen molar-refractivity contribution >= 4 is 17.3 Å². The van der Waals surface area contributed by atoms with Crippen molar-refractivity contribution in [3.05, 3.63) is 36.0 Å². The molecule has 3 fully saturated rings. The number of piperidine rings is 3. The SMILES string of the molecule is COc1ccc(-c2cc(C3CN4CCC3CC4CNC(=S)NCC(C)C)n(C)n2)cc1. The number of ether oxygens (including phenoxy) is 1. The first-order valence-corrected chi connectivity index (χ1v) is 11.8. The fourth-order valence-electron chi connectivity index (χ4n) is 4.99. The normalized spacial score (nSPS) is 24.9. The van der Waals surface area contributed by atoms with Gasteiger partial charge in [-0.1, -0.05) is 13.8 Å². The lowest BCUT2D eigenvalue weighted by molar-refractivity contribution is 0.0303. The van der Waals surface area contributed by atoms with Gasteiger partial charge in [0.1, 0.15) is 5.75 Å². The van der Waals surface area contributed by atoms with Gasteiger partial charge in [-0.25, -0.2) is 0 Å². The minimum Gasteiger partial charge on any atom is -0.497 e. The Kier molecular flexibility index (Phi) is 6.82. The lowest BCUT2D eigenvalue weighted by Gasteiger charge is -2.50. The molecule has 0 amide bonds. The molecular formula is C24H35N5OS. The van der Waals surface area contributed by atoms with Crippen LogP contribution in [0.5, 0.6) is 5.75 Å². The molecule has 3 aliphatic heterocycles. The number of aryl methyl sites for hydroxylation is 1. The highest BCUT2D eigenvalue weighted by molar-refractivity contribution is 7.80. The monoisotopic (exact) mass is 441 g/mol. The lowest BCUT2D eigenvalue weighted by Crippen LogP contribution is -2.56. The van der Waals surface area contributed by atoms with E-state index in [0.717, 1.165) is 41.8 Å². The van der Waals surface area contributed by atoms with Crippen LogP contribution in [-0.4, -0.2) is 59.1 Å². The number of hydrogen-bond acceptors (Lipinski definition) is 4. The Morgan fingerprint density at radius 3 is 2.68 bits per heavy atom. The van der Waals surface area contributed by atoms with E-state index in [9.17, 15) is 0 Å². The fraction of sp³-hybridized carbons (Fsp3) is 0.583. The quantitative estimate of drug-likeness (QED) is 0.643. The van der Waals surface area contributed by atoms with E-state index in [0.29, 0.717) is 23.8 Å². The number of rotatable bonds is 7. The molecule has 4 atom stereocenters. The first-order valence-electron chi connectivity index (χ1n) is 11.4. The molecule has 1 aromatic heterocycles. The van der Waals surface area contributed by atoms with Gasteiger partial charge < -0.3 is 15.4 Å². The Hall–Kier alpha value is -2.12. The summed E-state index contributed by atoms with van der Waals surface area (Å²) < 4.78 is 7.37. The van der Waals surface area contributed by atoms with Crippen molar-refractivity contribution in [3.8, 4) is 17.0 Å². The molecular weight excluding hydrogens is 406 g/mol. The second kappa shape index (κ2) is 9.57. The number of nitrogens with zero attached hydrogens (tertiary/aromatic N) is 3. The van der Waals surface area contributed by atoms with Gasteiger partial charge >= 0.3 is 0 Å². The predicted octanol–water partition coefficient (Wildman–Crippen LogP) is 3.39. The summed E-state index contributed by atoms with van der Waals surface area (Å²) in [5, 5.41) is 12.4. The van der Waals surface area contributed by atoms with Gasteiger partial charge in [0.05, 0.1) is 12.8 Å². The highest BCUT2D eigenvalue weighted by Crippen LogP contribution is 2.42. The van der Waals surface area contributed by atoms with Crippen LogP contribution in [0.25, 0.3) is 11.3 Å². The van der Waals surface area contributed by atoms with Gasteiger partial charge in [-0.2, -0.15) is 5.10 Å². The molecule has 4 unspecified atom stereocenters. The second-order valence-electron chi connectivity index (χ2n) is 9.33. The average molecular weight is 442 g/mol. The predicted molar refractivity (Wildman–Crippen MR) is 129 cm³/mol. The Morgan fingerprint density at radius 1 is 1.26 bits per heavy atom. The largest absolute Gasteiger partial charge is 0.497 e. The van der Waals surface area contributed by atoms with Gasteiger partial charge in [0.15, 0.2) is 5.11 Å². The van der Waals surface area contributed by atoms with Crippen LogP contribution in [0.3, 0.4) is 0 Å².